The highest BCUT2D eigenvalue weighted by Crippen LogP contribution is 2.17. The molecule has 22 heavy (non-hydrogen) atoms. The van der Waals surface area contributed by atoms with E-state index in [9.17, 15) is 13.2 Å². The van der Waals surface area contributed by atoms with E-state index in [1.807, 2.05) is 0 Å². The van der Waals surface area contributed by atoms with Crippen LogP contribution in [0.4, 0.5) is 0 Å². The first kappa shape index (κ1) is 16.2. The van der Waals surface area contributed by atoms with Gasteiger partial charge in [0.15, 0.2) is 9.84 Å². The zero-order chi connectivity index (χ0) is 16.2. The fraction of sp³-hybridized carbons (Fsp3) is 0.235. The van der Waals surface area contributed by atoms with Gasteiger partial charge in [0.1, 0.15) is 0 Å². The summed E-state index contributed by atoms with van der Waals surface area (Å²) in [6.45, 7) is 1.65. The molecule has 2 rings (SSSR count). The van der Waals surface area contributed by atoms with Crippen LogP contribution in [0, 0.1) is 5.92 Å². The molecule has 1 atom stereocenters. The summed E-state index contributed by atoms with van der Waals surface area (Å²) < 4.78 is 24.6. The molecule has 0 saturated heterocycles. The van der Waals surface area contributed by atoms with Crippen LogP contribution < -0.4 is 0 Å². The van der Waals surface area contributed by atoms with Crippen molar-refractivity contribution in [3.05, 3.63) is 65.7 Å². The summed E-state index contributed by atoms with van der Waals surface area (Å²) in [5.74, 6) is -1.36. The second kappa shape index (κ2) is 6.75. The average molecular weight is 318 g/mol. The van der Waals surface area contributed by atoms with Crippen molar-refractivity contribution in [1.29, 1.82) is 0 Å². The first-order valence-electron chi connectivity index (χ1n) is 6.97. The highest BCUT2D eigenvalue weighted by Gasteiger charge is 2.15. The van der Waals surface area contributed by atoms with Crippen LogP contribution in [-0.2, 0) is 26.8 Å². The quantitative estimate of drug-likeness (QED) is 0.889. The predicted molar refractivity (Wildman–Crippen MR) is 84.3 cm³/mol. The zero-order valence-electron chi connectivity index (χ0n) is 12.3. The molecule has 0 aliphatic heterocycles. The molecule has 5 heteroatoms. The Labute approximate surface area is 130 Å². The van der Waals surface area contributed by atoms with E-state index in [0.717, 1.165) is 5.56 Å². The lowest BCUT2D eigenvalue weighted by Crippen LogP contribution is -2.12. The summed E-state index contributed by atoms with van der Waals surface area (Å²) >= 11 is 0. The van der Waals surface area contributed by atoms with Crippen LogP contribution in [-0.4, -0.2) is 19.5 Å². The summed E-state index contributed by atoms with van der Waals surface area (Å²) in [5, 5.41) is 8.90. The summed E-state index contributed by atoms with van der Waals surface area (Å²) in [6.07, 6.45) is 0.432. The molecule has 0 amide bonds. The van der Waals surface area contributed by atoms with E-state index in [-0.39, 0.29) is 5.75 Å². The summed E-state index contributed by atoms with van der Waals surface area (Å²) in [7, 11) is -3.36. The maximum absolute atomic E-state index is 12.3. The molecule has 0 aromatic heterocycles. The molecule has 0 spiro atoms. The van der Waals surface area contributed by atoms with Crippen LogP contribution in [0.3, 0.4) is 0 Å². The highest BCUT2D eigenvalue weighted by molar-refractivity contribution is 7.90. The molecule has 2 aromatic carbocycles. The Morgan fingerprint density at radius 2 is 1.55 bits per heavy atom. The van der Waals surface area contributed by atoms with Gasteiger partial charge in [-0.1, -0.05) is 49.4 Å². The number of benzene rings is 2. The Balaban J connectivity index is 2.10. The van der Waals surface area contributed by atoms with Gasteiger partial charge in [-0.25, -0.2) is 8.42 Å². The lowest BCUT2D eigenvalue weighted by atomic mass is 10.0. The van der Waals surface area contributed by atoms with Gasteiger partial charge in [0, 0.05) is 0 Å². The lowest BCUT2D eigenvalue weighted by molar-refractivity contribution is -0.141. The maximum Gasteiger partial charge on any atom is 0.306 e. The third-order valence-electron chi connectivity index (χ3n) is 3.45. The molecule has 0 bridgehead atoms. The van der Waals surface area contributed by atoms with Crippen molar-refractivity contribution < 1.29 is 18.3 Å². The minimum absolute atomic E-state index is 0.0637. The second-order valence-corrected chi connectivity index (χ2v) is 7.32. The molecule has 4 nitrogen and oxygen atoms in total. The Morgan fingerprint density at radius 3 is 2.09 bits per heavy atom. The van der Waals surface area contributed by atoms with Crippen LogP contribution >= 0.6 is 0 Å². The number of carboxylic acid groups (broad SMARTS) is 1. The number of hydrogen-bond donors (Lipinski definition) is 1. The van der Waals surface area contributed by atoms with Gasteiger partial charge in [0.05, 0.1) is 16.6 Å². The summed E-state index contributed by atoms with van der Waals surface area (Å²) in [4.78, 5) is 11.1. The Hall–Kier alpha value is -2.14. The summed E-state index contributed by atoms with van der Waals surface area (Å²) in [6, 6.07) is 15.4. The van der Waals surface area contributed by atoms with Gasteiger partial charge in [-0.05, 0) is 29.7 Å². The van der Waals surface area contributed by atoms with Crippen molar-refractivity contribution in [2.75, 3.05) is 0 Å². The van der Waals surface area contributed by atoms with Gasteiger partial charge in [-0.3, -0.25) is 4.79 Å². The van der Waals surface area contributed by atoms with Crippen LogP contribution in [0.2, 0.25) is 0 Å². The topological polar surface area (TPSA) is 71.4 Å². The van der Waals surface area contributed by atoms with E-state index in [2.05, 4.69) is 0 Å². The van der Waals surface area contributed by atoms with E-state index in [0.29, 0.717) is 16.9 Å². The molecule has 1 N–H and O–H groups in total. The number of hydrogen-bond acceptors (Lipinski definition) is 3. The van der Waals surface area contributed by atoms with Crippen molar-refractivity contribution in [3.63, 3.8) is 0 Å². The molecule has 0 unspecified atom stereocenters. The Morgan fingerprint density at radius 1 is 1.00 bits per heavy atom. The van der Waals surface area contributed by atoms with Crippen LogP contribution in [0.15, 0.2) is 59.5 Å². The largest absolute Gasteiger partial charge is 0.481 e. The third-order valence-corrected chi connectivity index (χ3v) is 5.15. The molecule has 0 fully saturated rings. The molecule has 116 valence electrons. The minimum atomic E-state index is -3.36. The molecule has 0 heterocycles. The van der Waals surface area contributed by atoms with Gasteiger partial charge in [0.25, 0.3) is 0 Å². The zero-order valence-corrected chi connectivity index (χ0v) is 13.1. The SMILES string of the molecule is C[C@H](Cc1ccc(CS(=O)(=O)c2ccccc2)cc1)C(=O)O. The standard InChI is InChI=1S/C17H18O4S/c1-13(17(18)19)11-14-7-9-15(10-8-14)12-22(20,21)16-5-3-2-4-6-16/h2-10,13H,11-12H2,1H3,(H,18,19)/t13-/m1/s1. The van der Waals surface area contributed by atoms with Crippen LogP contribution in [0.25, 0.3) is 0 Å². The molecular formula is C17H18O4S. The third kappa shape index (κ3) is 4.18. The highest BCUT2D eigenvalue weighted by atomic mass is 32.2. The number of carbonyl (C=O) groups is 1. The van der Waals surface area contributed by atoms with Crippen molar-refractivity contribution >= 4 is 15.8 Å². The molecule has 0 radical (unpaired) electrons. The first-order valence-corrected chi connectivity index (χ1v) is 8.62. The van der Waals surface area contributed by atoms with E-state index in [1.54, 1.807) is 61.5 Å². The minimum Gasteiger partial charge on any atom is -0.481 e. The normalized spacial score (nSPS) is 12.8. The van der Waals surface area contributed by atoms with Crippen molar-refractivity contribution in [2.24, 2.45) is 5.92 Å². The monoisotopic (exact) mass is 318 g/mol. The van der Waals surface area contributed by atoms with E-state index in [1.165, 1.54) is 0 Å². The van der Waals surface area contributed by atoms with Crippen molar-refractivity contribution in [3.8, 4) is 0 Å². The molecule has 0 aliphatic carbocycles. The van der Waals surface area contributed by atoms with Gasteiger partial charge in [0.2, 0.25) is 0 Å². The van der Waals surface area contributed by atoms with E-state index < -0.39 is 21.7 Å². The smallest absolute Gasteiger partial charge is 0.306 e. The maximum atomic E-state index is 12.3. The fourth-order valence-electron chi connectivity index (χ4n) is 2.14. The fourth-order valence-corrected chi connectivity index (χ4v) is 3.51. The van der Waals surface area contributed by atoms with Crippen LogP contribution in [0.5, 0.6) is 0 Å². The van der Waals surface area contributed by atoms with Crippen molar-refractivity contribution in [1.82, 2.24) is 0 Å². The van der Waals surface area contributed by atoms with Gasteiger partial charge in [-0.2, -0.15) is 0 Å². The Bertz CT molecular complexity index is 734. The summed E-state index contributed by atoms with van der Waals surface area (Å²) in [5.41, 5.74) is 1.58. The second-order valence-electron chi connectivity index (χ2n) is 5.33. The van der Waals surface area contributed by atoms with E-state index in [4.69, 9.17) is 5.11 Å². The molecule has 2 aromatic rings. The average Bonchev–Trinajstić information content (AvgIpc) is 2.50. The van der Waals surface area contributed by atoms with Gasteiger partial charge >= 0.3 is 5.97 Å². The lowest BCUT2D eigenvalue weighted by Gasteiger charge is -2.08. The number of sulfone groups is 1. The Kier molecular flexibility index (Phi) is 4.98. The molecule has 0 saturated carbocycles. The van der Waals surface area contributed by atoms with Gasteiger partial charge in [-0.15, -0.1) is 0 Å². The van der Waals surface area contributed by atoms with Crippen LogP contribution in [0.1, 0.15) is 18.1 Å². The first-order chi connectivity index (χ1) is 10.4. The number of carboxylic acids is 1. The van der Waals surface area contributed by atoms with Gasteiger partial charge < -0.3 is 5.11 Å². The van der Waals surface area contributed by atoms with Crippen molar-refractivity contribution in [2.45, 2.75) is 24.0 Å². The number of rotatable bonds is 6. The molecular weight excluding hydrogens is 300 g/mol. The molecule has 0 aliphatic rings. The number of aliphatic carboxylic acids is 1. The predicted octanol–water partition coefficient (Wildman–Crippen LogP) is 2.92. The van der Waals surface area contributed by atoms with E-state index >= 15 is 0 Å².